The zero-order valence-corrected chi connectivity index (χ0v) is 20.9. The molecule has 0 unspecified atom stereocenters. The number of fused-ring (bicyclic) bond motifs is 1. The van der Waals surface area contributed by atoms with Gasteiger partial charge in [-0.05, 0) is 73.7 Å². The topological polar surface area (TPSA) is 91.7 Å². The Morgan fingerprint density at radius 1 is 1.15 bits per heavy atom. The molecule has 4 rings (SSSR count). The number of hydrogen-bond acceptors (Lipinski definition) is 5. The first-order valence-electron chi connectivity index (χ1n) is 10.6. The van der Waals surface area contributed by atoms with Crippen molar-refractivity contribution in [3.63, 3.8) is 0 Å². The molecule has 1 heterocycles. The summed E-state index contributed by atoms with van der Waals surface area (Å²) in [5.74, 6) is -0.0238. The summed E-state index contributed by atoms with van der Waals surface area (Å²) in [7, 11) is 0. The lowest BCUT2D eigenvalue weighted by Gasteiger charge is -2.27. The van der Waals surface area contributed by atoms with E-state index in [1.54, 1.807) is 12.3 Å². The molecule has 1 aromatic heterocycles. The van der Waals surface area contributed by atoms with Gasteiger partial charge in [-0.2, -0.15) is 0 Å². The van der Waals surface area contributed by atoms with Crippen LogP contribution in [0.4, 0.5) is 0 Å². The molecule has 182 valence electrons. The van der Waals surface area contributed by atoms with Gasteiger partial charge in [0.15, 0.2) is 0 Å². The Bertz CT molecular complexity index is 1130. The first kappa shape index (κ1) is 27.9. The van der Waals surface area contributed by atoms with Gasteiger partial charge in [0.2, 0.25) is 0 Å². The molecule has 3 N–H and O–H groups in total. The van der Waals surface area contributed by atoms with Crippen LogP contribution in [-0.2, 0) is 12.8 Å². The zero-order valence-electron chi connectivity index (χ0n) is 18.5. The number of aryl methyl sites for hydroxylation is 2. The number of aliphatic hydroxyl groups excluding tert-OH is 1. The fourth-order valence-corrected chi connectivity index (χ4v) is 4.11. The predicted octanol–water partition coefficient (Wildman–Crippen LogP) is 5.56. The van der Waals surface area contributed by atoms with Crippen molar-refractivity contribution in [3.8, 4) is 11.5 Å². The number of halogens is 3. The molecule has 34 heavy (non-hydrogen) atoms. The number of carbonyl (C=O) groups is 1. The van der Waals surface area contributed by atoms with Gasteiger partial charge in [-0.3, -0.25) is 4.98 Å². The highest BCUT2D eigenvalue weighted by atomic mass is 35.5. The third-order valence-electron chi connectivity index (χ3n) is 5.73. The van der Waals surface area contributed by atoms with E-state index >= 15 is 0 Å². The van der Waals surface area contributed by atoms with Crippen molar-refractivity contribution in [2.45, 2.75) is 38.3 Å². The number of nitrogens with zero attached hydrogens (tertiary/aromatic N) is 1. The summed E-state index contributed by atoms with van der Waals surface area (Å²) in [5.41, 5.74) is 4.20. The Morgan fingerprint density at radius 3 is 2.59 bits per heavy atom. The molecular weight excluding hydrogens is 499 g/mol. The van der Waals surface area contributed by atoms with Gasteiger partial charge in [0, 0.05) is 30.0 Å². The number of aromatic carboxylic acids is 1. The number of aromatic nitrogens is 1. The number of carboxylic acids is 1. The van der Waals surface area contributed by atoms with E-state index in [4.69, 9.17) is 16.3 Å². The fraction of sp³-hybridized carbons (Fsp3) is 0.280. The highest BCUT2D eigenvalue weighted by Gasteiger charge is 2.20. The summed E-state index contributed by atoms with van der Waals surface area (Å²) in [6.45, 7) is 2.38. The second-order valence-corrected chi connectivity index (χ2v) is 8.48. The highest BCUT2D eigenvalue weighted by Crippen LogP contribution is 2.30. The fourth-order valence-electron chi connectivity index (χ4n) is 3.91. The quantitative estimate of drug-likeness (QED) is 0.374. The maximum absolute atomic E-state index is 11.3. The molecule has 0 amide bonds. The molecule has 1 aliphatic rings. The summed E-state index contributed by atoms with van der Waals surface area (Å²) in [6.07, 6.45) is 3.87. The van der Waals surface area contributed by atoms with Gasteiger partial charge in [0.05, 0.1) is 16.7 Å². The minimum Gasteiger partial charge on any atom is -0.478 e. The number of carboxylic acid groups (broad SMARTS) is 1. The van der Waals surface area contributed by atoms with E-state index in [2.05, 4.69) is 16.4 Å². The molecular formula is C25H27Cl3N2O4. The van der Waals surface area contributed by atoms with Crippen LogP contribution in [0.3, 0.4) is 0 Å². The summed E-state index contributed by atoms with van der Waals surface area (Å²) in [6, 6.07) is 14.6. The van der Waals surface area contributed by atoms with E-state index in [9.17, 15) is 15.0 Å². The van der Waals surface area contributed by atoms with Gasteiger partial charge in [-0.1, -0.05) is 23.7 Å². The normalized spacial score (nSPS) is 15.3. The molecule has 0 bridgehead atoms. The van der Waals surface area contributed by atoms with Crippen molar-refractivity contribution >= 4 is 42.4 Å². The lowest BCUT2D eigenvalue weighted by Crippen LogP contribution is -2.37. The number of aliphatic hydroxyl groups is 1. The van der Waals surface area contributed by atoms with E-state index in [0.717, 1.165) is 30.5 Å². The molecule has 2 atom stereocenters. The highest BCUT2D eigenvalue weighted by molar-refractivity contribution is 6.33. The van der Waals surface area contributed by atoms with Crippen molar-refractivity contribution in [2.75, 3.05) is 6.54 Å². The second-order valence-electron chi connectivity index (χ2n) is 8.08. The van der Waals surface area contributed by atoms with Gasteiger partial charge in [-0.15, -0.1) is 24.8 Å². The van der Waals surface area contributed by atoms with Gasteiger partial charge in [0.25, 0.3) is 0 Å². The molecule has 0 aliphatic heterocycles. The van der Waals surface area contributed by atoms with Crippen LogP contribution in [0.25, 0.3) is 0 Å². The third-order valence-corrected chi connectivity index (χ3v) is 6.06. The molecule has 0 fully saturated rings. The molecule has 3 aromatic rings. The molecule has 0 saturated heterocycles. The van der Waals surface area contributed by atoms with E-state index in [1.165, 1.54) is 23.3 Å². The number of benzene rings is 2. The number of ether oxygens (including phenoxy) is 1. The molecule has 6 nitrogen and oxygen atoms in total. The van der Waals surface area contributed by atoms with E-state index < -0.39 is 12.1 Å². The standard InChI is InChI=1S/C25H25ClN2O4.2ClH/c1-15-2-3-17(13-27-15)24(29)14-28-19-6-4-16-5-7-20(11-18(16)10-19)32-21-8-9-23(26)22(12-21)25(30)31;;/h2-3,5,7-9,11-13,19,24,28-29H,4,6,10,14H2,1H3,(H,30,31);2*1H/t19-,24-;;/m0../s1. The number of rotatable bonds is 7. The molecule has 0 spiro atoms. The van der Waals surface area contributed by atoms with Gasteiger partial charge >= 0.3 is 5.97 Å². The lowest BCUT2D eigenvalue weighted by molar-refractivity contribution is 0.0696. The number of hydrogen-bond donors (Lipinski definition) is 3. The maximum atomic E-state index is 11.3. The van der Waals surface area contributed by atoms with Crippen molar-refractivity contribution in [1.29, 1.82) is 0 Å². The van der Waals surface area contributed by atoms with Crippen LogP contribution >= 0.6 is 36.4 Å². The van der Waals surface area contributed by atoms with Crippen LogP contribution in [0.1, 0.15) is 45.3 Å². The molecule has 0 saturated carbocycles. The van der Waals surface area contributed by atoms with Gasteiger partial charge < -0.3 is 20.3 Å². The van der Waals surface area contributed by atoms with E-state index in [-0.39, 0.29) is 41.4 Å². The Hall–Kier alpha value is -2.35. The van der Waals surface area contributed by atoms with Crippen LogP contribution in [0.2, 0.25) is 5.02 Å². The smallest absolute Gasteiger partial charge is 0.337 e. The van der Waals surface area contributed by atoms with Crippen LogP contribution in [0, 0.1) is 6.92 Å². The van der Waals surface area contributed by atoms with Crippen molar-refractivity contribution < 1.29 is 19.7 Å². The monoisotopic (exact) mass is 524 g/mol. The molecule has 1 aliphatic carbocycles. The minimum absolute atomic E-state index is 0. The predicted molar refractivity (Wildman–Crippen MR) is 137 cm³/mol. The van der Waals surface area contributed by atoms with Crippen molar-refractivity contribution in [2.24, 2.45) is 0 Å². The molecule has 0 radical (unpaired) electrons. The Morgan fingerprint density at radius 2 is 1.88 bits per heavy atom. The minimum atomic E-state index is -1.09. The average molecular weight is 526 g/mol. The second kappa shape index (κ2) is 12.4. The average Bonchev–Trinajstić information content (AvgIpc) is 2.78. The first-order valence-corrected chi connectivity index (χ1v) is 10.9. The third kappa shape index (κ3) is 6.84. The lowest BCUT2D eigenvalue weighted by atomic mass is 9.88. The summed E-state index contributed by atoms with van der Waals surface area (Å²) < 4.78 is 5.90. The molecule has 2 aromatic carbocycles. The van der Waals surface area contributed by atoms with E-state index in [1.807, 2.05) is 31.2 Å². The maximum Gasteiger partial charge on any atom is 0.337 e. The van der Waals surface area contributed by atoms with Crippen LogP contribution in [0.5, 0.6) is 11.5 Å². The van der Waals surface area contributed by atoms with Crippen molar-refractivity contribution in [3.05, 3.63) is 87.7 Å². The van der Waals surface area contributed by atoms with Crippen LogP contribution in [-0.4, -0.2) is 33.8 Å². The Labute approximate surface area is 216 Å². The zero-order chi connectivity index (χ0) is 22.7. The number of nitrogens with one attached hydrogen (secondary N) is 1. The van der Waals surface area contributed by atoms with Crippen LogP contribution in [0.15, 0.2) is 54.7 Å². The SMILES string of the molecule is Cc1ccc([C@@H](O)CN[C@H]2CCc3ccc(Oc4ccc(Cl)c(C(=O)O)c4)cc3C2)cn1.Cl.Cl. The van der Waals surface area contributed by atoms with E-state index in [0.29, 0.717) is 18.0 Å². The van der Waals surface area contributed by atoms with Gasteiger partial charge in [-0.25, -0.2) is 4.79 Å². The van der Waals surface area contributed by atoms with Crippen LogP contribution < -0.4 is 10.1 Å². The first-order chi connectivity index (χ1) is 15.4. The molecule has 9 heteroatoms. The summed E-state index contributed by atoms with van der Waals surface area (Å²) >= 11 is 5.94. The summed E-state index contributed by atoms with van der Waals surface area (Å²) in [5, 5.41) is 23.3. The number of pyridine rings is 1. The Kier molecular flexibility index (Phi) is 10.2. The largest absolute Gasteiger partial charge is 0.478 e. The van der Waals surface area contributed by atoms with Gasteiger partial charge in [0.1, 0.15) is 11.5 Å². The Balaban J connectivity index is 0.00000204. The van der Waals surface area contributed by atoms with Crippen molar-refractivity contribution in [1.82, 2.24) is 10.3 Å². The summed E-state index contributed by atoms with van der Waals surface area (Å²) in [4.78, 5) is 15.5.